The van der Waals surface area contributed by atoms with Crippen molar-refractivity contribution in [1.29, 1.82) is 0 Å². The van der Waals surface area contributed by atoms with Crippen LogP contribution in [0.5, 0.6) is 0 Å². The van der Waals surface area contributed by atoms with Gasteiger partial charge in [-0.15, -0.1) is 0 Å². The fourth-order valence-electron chi connectivity index (χ4n) is 3.57. The molecule has 3 aromatic rings. The van der Waals surface area contributed by atoms with Crippen LogP contribution in [0.25, 0.3) is 5.65 Å². The summed E-state index contributed by atoms with van der Waals surface area (Å²) < 4.78 is 6.84. The zero-order valence-corrected chi connectivity index (χ0v) is 14.3. The zero-order chi connectivity index (χ0) is 18.4. The Balaban J connectivity index is 1.71. The van der Waals surface area contributed by atoms with E-state index in [9.17, 15) is 9.59 Å². The van der Waals surface area contributed by atoms with Crippen LogP contribution in [0.2, 0.25) is 0 Å². The molecule has 27 heavy (non-hydrogen) atoms. The molecule has 9 heteroatoms. The molecule has 0 aliphatic carbocycles. The van der Waals surface area contributed by atoms with Gasteiger partial charge in [-0.25, -0.2) is 14.3 Å². The molecule has 0 aromatic carbocycles. The maximum atomic E-state index is 12.5. The maximum Gasteiger partial charge on any atom is 0.416 e. The smallest absolute Gasteiger partial charge is 0.416 e. The first kappa shape index (κ1) is 15.7. The van der Waals surface area contributed by atoms with Gasteiger partial charge in [0.05, 0.1) is 6.20 Å². The number of amides is 2. The van der Waals surface area contributed by atoms with Gasteiger partial charge in [0.1, 0.15) is 24.0 Å². The largest absolute Gasteiger partial charge is 0.447 e. The third kappa shape index (κ3) is 2.50. The molecule has 1 atom stereocenters. The Morgan fingerprint density at radius 2 is 2.19 bits per heavy atom. The van der Waals surface area contributed by atoms with Crippen LogP contribution in [0.15, 0.2) is 36.8 Å². The third-order valence-corrected chi connectivity index (χ3v) is 4.88. The normalized spacial score (nSPS) is 19.6. The average Bonchev–Trinajstić information content (AvgIpc) is 3.27. The van der Waals surface area contributed by atoms with Crippen LogP contribution < -0.4 is 10.2 Å². The number of rotatable bonds is 0. The highest BCUT2D eigenvalue weighted by atomic mass is 16.6. The second-order valence-electron chi connectivity index (χ2n) is 6.47. The summed E-state index contributed by atoms with van der Waals surface area (Å²) in [7, 11) is 0. The van der Waals surface area contributed by atoms with Gasteiger partial charge >= 0.3 is 6.09 Å². The summed E-state index contributed by atoms with van der Waals surface area (Å²) in [5, 5.41) is 7.07. The first-order valence-electron chi connectivity index (χ1n) is 8.75. The molecule has 2 aliphatic rings. The van der Waals surface area contributed by atoms with E-state index in [1.807, 2.05) is 12.1 Å². The fraction of sp³-hybridized carbons (Fsp3) is 0.278. The molecule has 2 bridgehead atoms. The zero-order valence-electron chi connectivity index (χ0n) is 14.3. The van der Waals surface area contributed by atoms with Crippen molar-refractivity contribution in [2.75, 3.05) is 18.1 Å². The molecule has 1 N–H and O–H groups in total. The van der Waals surface area contributed by atoms with Crippen LogP contribution in [0.4, 0.5) is 10.6 Å². The summed E-state index contributed by atoms with van der Waals surface area (Å²) in [4.78, 5) is 35.5. The Morgan fingerprint density at radius 1 is 1.26 bits per heavy atom. The summed E-state index contributed by atoms with van der Waals surface area (Å²) in [6, 6.07) is 5.19. The lowest BCUT2D eigenvalue weighted by atomic mass is 10.0. The van der Waals surface area contributed by atoms with Gasteiger partial charge in [-0.1, -0.05) is 6.07 Å². The number of anilines is 1. The van der Waals surface area contributed by atoms with Crippen molar-refractivity contribution in [2.24, 2.45) is 0 Å². The molecule has 1 fully saturated rings. The monoisotopic (exact) mass is 364 g/mol. The van der Waals surface area contributed by atoms with E-state index in [0.29, 0.717) is 30.0 Å². The molecular formula is C18H16N6O3. The number of carbonyl (C=O) groups excluding carboxylic acids is 2. The number of nitrogens with one attached hydrogen (secondary N) is 1. The lowest BCUT2D eigenvalue weighted by Crippen LogP contribution is -2.29. The molecule has 1 saturated heterocycles. The molecular weight excluding hydrogens is 348 g/mol. The fourth-order valence-corrected chi connectivity index (χ4v) is 3.57. The number of carbonyl (C=O) groups is 2. The van der Waals surface area contributed by atoms with Crippen molar-refractivity contribution in [3.8, 4) is 0 Å². The lowest BCUT2D eigenvalue weighted by Gasteiger charge is -2.22. The van der Waals surface area contributed by atoms with Gasteiger partial charge in [-0.2, -0.15) is 5.10 Å². The van der Waals surface area contributed by atoms with Gasteiger partial charge in [0.15, 0.2) is 5.65 Å². The number of aromatic nitrogens is 4. The van der Waals surface area contributed by atoms with E-state index in [0.717, 1.165) is 17.7 Å². The molecule has 2 amide bonds. The summed E-state index contributed by atoms with van der Waals surface area (Å²) in [5.74, 6) is 0.175. The van der Waals surface area contributed by atoms with Gasteiger partial charge in [-0.05, 0) is 25.0 Å². The number of ether oxygens (including phenoxy) is 1. The maximum absolute atomic E-state index is 12.5. The predicted octanol–water partition coefficient (Wildman–Crippen LogP) is 1.50. The van der Waals surface area contributed by atoms with Gasteiger partial charge in [-0.3, -0.25) is 14.7 Å². The number of hydrogen-bond donors (Lipinski definition) is 1. The van der Waals surface area contributed by atoms with E-state index in [2.05, 4.69) is 20.4 Å². The van der Waals surface area contributed by atoms with Gasteiger partial charge in [0.25, 0.3) is 5.91 Å². The van der Waals surface area contributed by atoms with Gasteiger partial charge in [0.2, 0.25) is 0 Å². The topological polar surface area (TPSA) is 102 Å². The number of nitrogens with zero attached hydrogens (tertiary/aromatic N) is 5. The minimum atomic E-state index is -0.466. The molecule has 2 aliphatic heterocycles. The van der Waals surface area contributed by atoms with Crippen molar-refractivity contribution in [1.82, 2.24) is 24.9 Å². The molecule has 0 spiro atoms. The number of fused-ring (bicyclic) bond motifs is 5. The SMILES string of the molecule is O=C1NCCCc2ncccc2C2COC(=O)N2c2ccn3ncc1c3n2. The summed E-state index contributed by atoms with van der Waals surface area (Å²) in [6.45, 7) is 0.739. The highest BCUT2D eigenvalue weighted by Gasteiger charge is 2.38. The first-order chi connectivity index (χ1) is 13.2. The predicted molar refractivity (Wildman–Crippen MR) is 94.4 cm³/mol. The number of aryl methyl sites for hydroxylation is 1. The Hall–Kier alpha value is -3.49. The molecule has 9 nitrogen and oxygen atoms in total. The molecule has 0 radical (unpaired) electrons. The van der Waals surface area contributed by atoms with E-state index < -0.39 is 6.09 Å². The number of cyclic esters (lactones) is 1. The van der Waals surface area contributed by atoms with Crippen molar-refractivity contribution in [3.05, 3.63) is 53.6 Å². The van der Waals surface area contributed by atoms with E-state index in [4.69, 9.17) is 4.74 Å². The van der Waals surface area contributed by atoms with Crippen LogP contribution in [0.1, 0.15) is 34.1 Å². The lowest BCUT2D eigenvalue weighted by molar-refractivity contribution is 0.0954. The van der Waals surface area contributed by atoms with E-state index in [-0.39, 0.29) is 18.6 Å². The summed E-state index contributed by atoms with van der Waals surface area (Å²) in [6.07, 6.45) is 5.85. The van der Waals surface area contributed by atoms with Crippen LogP contribution in [0.3, 0.4) is 0 Å². The van der Waals surface area contributed by atoms with Crippen LogP contribution in [-0.2, 0) is 11.2 Å². The molecule has 5 heterocycles. The Morgan fingerprint density at radius 3 is 3.11 bits per heavy atom. The van der Waals surface area contributed by atoms with E-state index in [1.165, 1.54) is 15.6 Å². The molecule has 0 saturated carbocycles. The van der Waals surface area contributed by atoms with Crippen LogP contribution >= 0.6 is 0 Å². The third-order valence-electron chi connectivity index (χ3n) is 4.88. The number of pyridine rings is 1. The second kappa shape index (κ2) is 6.04. The van der Waals surface area contributed by atoms with Crippen molar-refractivity contribution < 1.29 is 14.3 Å². The van der Waals surface area contributed by atoms with E-state index >= 15 is 0 Å². The second-order valence-corrected chi connectivity index (χ2v) is 6.47. The van der Waals surface area contributed by atoms with Crippen LogP contribution in [-0.4, -0.2) is 44.7 Å². The van der Waals surface area contributed by atoms with E-state index in [1.54, 1.807) is 18.5 Å². The van der Waals surface area contributed by atoms with Crippen LogP contribution in [0, 0.1) is 0 Å². The summed E-state index contributed by atoms with van der Waals surface area (Å²) >= 11 is 0. The summed E-state index contributed by atoms with van der Waals surface area (Å²) in [5.41, 5.74) is 2.60. The van der Waals surface area contributed by atoms with Gasteiger partial charge in [0, 0.05) is 30.2 Å². The number of hydrogen-bond acceptors (Lipinski definition) is 6. The Labute approximate surface area is 154 Å². The van der Waals surface area contributed by atoms with Crippen molar-refractivity contribution in [3.63, 3.8) is 0 Å². The molecule has 5 rings (SSSR count). The standard InChI is InChI=1S/C18H16N6O3/c25-17-12-9-21-23-8-5-15(22-16(12)23)24-14(10-27-18(24)26)11-3-1-6-19-13(11)4-2-7-20-17/h1,3,5-6,8-9,14H,2,4,7,10H2,(H,20,25). The highest BCUT2D eigenvalue weighted by molar-refractivity contribution is 6.00. The van der Waals surface area contributed by atoms with Gasteiger partial charge < -0.3 is 10.1 Å². The van der Waals surface area contributed by atoms with Crippen molar-refractivity contribution >= 4 is 23.5 Å². The Kier molecular flexibility index (Phi) is 3.52. The quantitative estimate of drug-likeness (QED) is 0.649. The van der Waals surface area contributed by atoms with Crippen molar-refractivity contribution in [2.45, 2.75) is 18.9 Å². The minimum absolute atomic E-state index is 0.230. The molecule has 1 unspecified atom stereocenters. The molecule has 3 aromatic heterocycles. The average molecular weight is 364 g/mol. The minimum Gasteiger partial charge on any atom is -0.447 e. The molecule has 136 valence electrons. The first-order valence-corrected chi connectivity index (χ1v) is 8.75. The highest BCUT2D eigenvalue weighted by Crippen LogP contribution is 2.33. The Bertz CT molecular complexity index is 1060.